The maximum atomic E-state index is 12.6. The van der Waals surface area contributed by atoms with Crippen molar-refractivity contribution in [2.75, 3.05) is 19.4 Å². The normalized spacial score (nSPS) is 12.4. The van der Waals surface area contributed by atoms with Crippen LogP contribution < -0.4 is 10.1 Å². The standard InChI is InChI=1S/C23H26N2O5S/c1-16(18-8-5-4-6-9-18)13-24-22(26)15-31(27,28)14-21-17(2)30-23(25-21)19-10-7-11-20(12-19)29-3/h4-12,16H,13-15H2,1-3H3,(H,24,26)/t16-/m1/s1. The monoisotopic (exact) mass is 442 g/mol. The maximum Gasteiger partial charge on any atom is 0.235 e. The molecule has 0 unspecified atom stereocenters. The van der Waals surface area contributed by atoms with Gasteiger partial charge in [0.25, 0.3) is 0 Å². The van der Waals surface area contributed by atoms with Crippen molar-refractivity contribution in [3.63, 3.8) is 0 Å². The van der Waals surface area contributed by atoms with Crippen LogP contribution in [0.15, 0.2) is 59.0 Å². The van der Waals surface area contributed by atoms with Crippen molar-refractivity contribution in [2.45, 2.75) is 25.5 Å². The highest BCUT2D eigenvalue weighted by Gasteiger charge is 2.22. The molecule has 0 saturated heterocycles. The van der Waals surface area contributed by atoms with Crippen molar-refractivity contribution < 1.29 is 22.4 Å². The van der Waals surface area contributed by atoms with Crippen molar-refractivity contribution in [1.82, 2.24) is 10.3 Å². The van der Waals surface area contributed by atoms with Gasteiger partial charge in [0.05, 0.1) is 18.6 Å². The minimum atomic E-state index is -3.71. The van der Waals surface area contributed by atoms with E-state index in [9.17, 15) is 13.2 Å². The zero-order valence-corrected chi connectivity index (χ0v) is 18.6. The van der Waals surface area contributed by atoms with E-state index in [1.807, 2.05) is 37.3 Å². The summed E-state index contributed by atoms with van der Waals surface area (Å²) in [7, 11) is -2.15. The minimum Gasteiger partial charge on any atom is -0.497 e. The topological polar surface area (TPSA) is 98.5 Å². The summed E-state index contributed by atoms with van der Waals surface area (Å²) in [6, 6.07) is 16.9. The lowest BCUT2D eigenvalue weighted by atomic mass is 10.0. The fourth-order valence-corrected chi connectivity index (χ4v) is 4.41. The van der Waals surface area contributed by atoms with Crippen LogP contribution in [0.25, 0.3) is 11.5 Å². The van der Waals surface area contributed by atoms with Gasteiger partial charge in [-0.1, -0.05) is 43.3 Å². The number of benzene rings is 2. The molecule has 2 aromatic carbocycles. The first kappa shape index (κ1) is 22.6. The van der Waals surface area contributed by atoms with Crippen molar-refractivity contribution in [3.05, 3.63) is 71.6 Å². The Morgan fingerprint density at radius 3 is 2.61 bits per heavy atom. The van der Waals surface area contributed by atoms with Crippen molar-refractivity contribution in [2.24, 2.45) is 0 Å². The summed E-state index contributed by atoms with van der Waals surface area (Å²) in [5, 5.41) is 2.71. The smallest absolute Gasteiger partial charge is 0.235 e. The van der Waals surface area contributed by atoms with Crippen LogP contribution in [-0.2, 0) is 20.4 Å². The summed E-state index contributed by atoms with van der Waals surface area (Å²) in [5.74, 6) is -0.0670. The van der Waals surface area contributed by atoms with Gasteiger partial charge < -0.3 is 14.5 Å². The molecule has 0 spiro atoms. The highest BCUT2D eigenvalue weighted by molar-refractivity contribution is 7.91. The van der Waals surface area contributed by atoms with E-state index in [1.54, 1.807) is 38.3 Å². The Kier molecular flexibility index (Phi) is 7.12. The lowest BCUT2D eigenvalue weighted by Gasteiger charge is -2.13. The second-order valence-electron chi connectivity index (χ2n) is 7.40. The van der Waals surface area contributed by atoms with E-state index in [0.29, 0.717) is 35.2 Å². The van der Waals surface area contributed by atoms with E-state index in [4.69, 9.17) is 9.15 Å². The number of carbonyl (C=O) groups excluding carboxylic acids is 1. The summed E-state index contributed by atoms with van der Waals surface area (Å²) in [6.45, 7) is 3.99. The van der Waals surface area contributed by atoms with Gasteiger partial charge in [-0.3, -0.25) is 4.79 Å². The summed E-state index contributed by atoms with van der Waals surface area (Å²) >= 11 is 0. The van der Waals surface area contributed by atoms with Gasteiger partial charge in [-0.15, -0.1) is 0 Å². The minimum absolute atomic E-state index is 0.0797. The van der Waals surface area contributed by atoms with Crippen LogP contribution in [0.5, 0.6) is 5.75 Å². The maximum absolute atomic E-state index is 12.6. The molecule has 31 heavy (non-hydrogen) atoms. The first-order chi connectivity index (χ1) is 14.8. The molecule has 0 aliphatic rings. The Morgan fingerprint density at radius 2 is 1.90 bits per heavy atom. The third-order valence-corrected chi connectivity index (χ3v) is 6.31. The number of aromatic nitrogens is 1. The van der Waals surface area contributed by atoms with Crippen LogP contribution in [0, 0.1) is 6.92 Å². The molecule has 3 rings (SSSR count). The van der Waals surface area contributed by atoms with Gasteiger partial charge in [0.1, 0.15) is 17.3 Å². The van der Waals surface area contributed by atoms with Crippen molar-refractivity contribution in [3.8, 4) is 17.2 Å². The first-order valence-corrected chi connectivity index (χ1v) is 11.7. The zero-order chi connectivity index (χ0) is 22.4. The summed E-state index contributed by atoms with van der Waals surface area (Å²) in [4.78, 5) is 16.5. The molecule has 164 valence electrons. The molecule has 1 atom stereocenters. The fraction of sp³-hybridized carbons (Fsp3) is 0.304. The number of sulfone groups is 1. The van der Waals surface area contributed by atoms with Gasteiger partial charge in [0, 0.05) is 12.1 Å². The van der Waals surface area contributed by atoms with E-state index in [1.165, 1.54) is 0 Å². The molecule has 0 fully saturated rings. The number of nitrogens with one attached hydrogen (secondary N) is 1. The highest BCUT2D eigenvalue weighted by atomic mass is 32.2. The molecular formula is C23H26N2O5S. The van der Waals surface area contributed by atoms with E-state index < -0.39 is 21.5 Å². The lowest BCUT2D eigenvalue weighted by molar-refractivity contribution is -0.118. The van der Waals surface area contributed by atoms with Gasteiger partial charge in [-0.2, -0.15) is 0 Å². The van der Waals surface area contributed by atoms with E-state index >= 15 is 0 Å². The number of carbonyl (C=O) groups is 1. The Bertz CT molecular complexity index is 1140. The second-order valence-corrected chi connectivity index (χ2v) is 9.47. The molecule has 1 heterocycles. The molecule has 0 aliphatic carbocycles. The second kappa shape index (κ2) is 9.78. The number of hydrogen-bond donors (Lipinski definition) is 1. The number of methoxy groups -OCH3 is 1. The van der Waals surface area contributed by atoms with Crippen LogP contribution in [0.3, 0.4) is 0 Å². The molecule has 0 aliphatic heterocycles. The summed E-state index contributed by atoms with van der Waals surface area (Å²) < 4.78 is 36.0. The quantitative estimate of drug-likeness (QED) is 0.545. The molecule has 1 amide bonds. The van der Waals surface area contributed by atoms with E-state index in [0.717, 1.165) is 5.56 Å². The number of rotatable bonds is 9. The molecule has 7 nitrogen and oxygen atoms in total. The highest BCUT2D eigenvalue weighted by Crippen LogP contribution is 2.26. The SMILES string of the molecule is COc1cccc(-c2nc(CS(=O)(=O)CC(=O)NC[C@@H](C)c3ccccc3)c(C)o2)c1. The molecular weight excluding hydrogens is 416 g/mol. The fourth-order valence-electron chi connectivity index (χ4n) is 3.12. The Labute approximate surface area is 182 Å². The molecule has 0 bridgehead atoms. The number of ether oxygens (including phenoxy) is 1. The van der Waals surface area contributed by atoms with E-state index in [2.05, 4.69) is 10.3 Å². The Morgan fingerprint density at radius 1 is 1.16 bits per heavy atom. The lowest BCUT2D eigenvalue weighted by Crippen LogP contribution is -2.33. The number of amides is 1. The van der Waals surface area contributed by atoms with Gasteiger partial charge >= 0.3 is 0 Å². The Balaban J connectivity index is 1.61. The van der Waals surface area contributed by atoms with Gasteiger partial charge in [0.2, 0.25) is 11.8 Å². The molecule has 3 aromatic rings. The largest absolute Gasteiger partial charge is 0.497 e. The zero-order valence-electron chi connectivity index (χ0n) is 17.8. The number of aryl methyl sites for hydroxylation is 1. The Hall–Kier alpha value is -3.13. The van der Waals surface area contributed by atoms with E-state index in [-0.39, 0.29) is 11.7 Å². The predicted octanol–water partition coefficient (Wildman–Crippen LogP) is 3.49. The number of oxazole rings is 1. The first-order valence-electron chi connectivity index (χ1n) is 9.90. The van der Waals surface area contributed by atoms with Crippen LogP contribution >= 0.6 is 0 Å². The van der Waals surface area contributed by atoms with Crippen LogP contribution in [-0.4, -0.2) is 38.7 Å². The average Bonchev–Trinajstić information content (AvgIpc) is 3.11. The predicted molar refractivity (Wildman–Crippen MR) is 119 cm³/mol. The van der Waals surface area contributed by atoms with Crippen LogP contribution in [0.1, 0.15) is 29.9 Å². The molecule has 1 aromatic heterocycles. The molecule has 1 N–H and O–H groups in total. The third kappa shape index (κ3) is 6.18. The third-order valence-electron chi connectivity index (χ3n) is 4.89. The average molecular weight is 443 g/mol. The van der Waals surface area contributed by atoms with Crippen molar-refractivity contribution >= 4 is 15.7 Å². The molecule has 0 saturated carbocycles. The van der Waals surface area contributed by atoms with Gasteiger partial charge in [-0.05, 0) is 36.6 Å². The van der Waals surface area contributed by atoms with Crippen LogP contribution in [0.2, 0.25) is 0 Å². The summed E-state index contributed by atoms with van der Waals surface area (Å²) in [5.41, 5.74) is 2.05. The number of nitrogens with zero attached hydrogens (tertiary/aromatic N) is 1. The number of hydrogen-bond acceptors (Lipinski definition) is 6. The van der Waals surface area contributed by atoms with Crippen LogP contribution in [0.4, 0.5) is 0 Å². The summed E-state index contributed by atoms with van der Waals surface area (Å²) in [6.07, 6.45) is 0. The van der Waals surface area contributed by atoms with Crippen molar-refractivity contribution in [1.29, 1.82) is 0 Å². The molecule has 8 heteroatoms. The van der Waals surface area contributed by atoms with Gasteiger partial charge in [-0.25, -0.2) is 13.4 Å². The molecule has 0 radical (unpaired) electrons. The van der Waals surface area contributed by atoms with Gasteiger partial charge in [0.15, 0.2) is 9.84 Å².